The Morgan fingerprint density at radius 2 is 1.70 bits per heavy atom. The Morgan fingerprint density at radius 1 is 0.967 bits per heavy atom. The number of carbonyl (C=O) groups excluding carboxylic acids is 1. The van der Waals surface area contributed by atoms with E-state index < -0.39 is 5.25 Å². The molecule has 7 heteroatoms. The van der Waals surface area contributed by atoms with Crippen molar-refractivity contribution in [2.75, 3.05) is 5.32 Å². The number of carbonyl (C=O) groups is 1. The van der Waals surface area contributed by atoms with Gasteiger partial charge in [-0.25, -0.2) is 0 Å². The molecular formula is C23H18ClN3O2S. The number of halogens is 1. The highest BCUT2D eigenvalue weighted by molar-refractivity contribution is 8.00. The van der Waals surface area contributed by atoms with Crippen LogP contribution < -0.4 is 5.32 Å². The summed E-state index contributed by atoms with van der Waals surface area (Å²) in [5.74, 6) is 0.216. The van der Waals surface area contributed by atoms with Gasteiger partial charge in [0, 0.05) is 21.8 Å². The molecule has 0 aliphatic heterocycles. The van der Waals surface area contributed by atoms with Gasteiger partial charge in [0.15, 0.2) is 0 Å². The second kappa shape index (κ2) is 9.15. The molecule has 5 nitrogen and oxygen atoms in total. The van der Waals surface area contributed by atoms with Gasteiger partial charge in [-0.15, -0.1) is 10.2 Å². The Hall–Kier alpha value is -3.09. The van der Waals surface area contributed by atoms with Crippen molar-refractivity contribution in [2.24, 2.45) is 0 Å². The van der Waals surface area contributed by atoms with Crippen molar-refractivity contribution in [3.63, 3.8) is 0 Å². The summed E-state index contributed by atoms with van der Waals surface area (Å²) in [6.45, 7) is 1.80. The molecule has 1 atom stereocenters. The monoisotopic (exact) mass is 435 g/mol. The number of para-hydroxylation sites is 1. The third-order valence-corrected chi connectivity index (χ3v) is 5.56. The highest BCUT2D eigenvalue weighted by Crippen LogP contribution is 2.30. The SMILES string of the molecule is CC(Sc1nnc(-c2cccc(Cl)c2)o1)C(=O)Nc1ccccc1-c1ccccc1. The number of aromatic nitrogens is 2. The first-order valence-corrected chi connectivity index (χ1v) is 10.6. The number of amides is 1. The van der Waals surface area contributed by atoms with Crippen LogP contribution in [0.5, 0.6) is 0 Å². The molecule has 4 rings (SSSR count). The average molecular weight is 436 g/mol. The van der Waals surface area contributed by atoms with E-state index in [1.165, 1.54) is 11.8 Å². The Morgan fingerprint density at radius 3 is 2.50 bits per heavy atom. The Kier molecular flexibility index (Phi) is 6.16. The molecule has 0 radical (unpaired) electrons. The van der Waals surface area contributed by atoms with Gasteiger partial charge in [-0.2, -0.15) is 0 Å². The standard InChI is InChI=1S/C23H18ClN3O2S/c1-15(30-23-27-26-22(29-23)17-10-7-11-18(24)14-17)21(28)25-20-13-6-5-12-19(20)16-8-3-2-4-9-16/h2-15H,1H3,(H,25,28). The van der Waals surface area contributed by atoms with Crippen LogP contribution in [-0.2, 0) is 4.79 Å². The van der Waals surface area contributed by atoms with Crippen LogP contribution in [0.4, 0.5) is 5.69 Å². The molecule has 4 aromatic rings. The summed E-state index contributed by atoms with van der Waals surface area (Å²) >= 11 is 7.22. The molecule has 0 spiro atoms. The summed E-state index contributed by atoms with van der Waals surface area (Å²) in [5.41, 5.74) is 3.49. The fourth-order valence-electron chi connectivity index (χ4n) is 2.90. The van der Waals surface area contributed by atoms with Crippen molar-refractivity contribution in [3.8, 4) is 22.6 Å². The van der Waals surface area contributed by atoms with Crippen LogP contribution in [0.1, 0.15) is 6.92 Å². The van der Waals surface area contributed by atoms with Crippen molar-refractivity contribution < 1.29 is 9.21 Å². The maximum atomic E-state index is 12.8. The largest absolute Gasteiger partial charge is 0.411 e. The highest BCUT2D eigenvalue weighted by Gasteiger charge is 2.20. The molecule has 1 heterocycles. The second-order valence-electron chi connectivity index (χ2n) is 6.54. The molecule has 0 aliphatic rings. The lowest BCUT2D eigenvalue weighted by molar-refractivity contribution is -0.115. The highest BCUT2D eigenvalue weighted by atomic mass is 35.5. The van der Waals surface area contributed by atoms with E-state index in [0.29, 0.717) is 16.1 Å². The molecule has 3 aromatic carbocycles. The minimum Gasteiger partial charge on any atom is -0.411 e. The number of hydrogen-bond acceptors (Lipinski definition) is 5. The molecule has 30 heavy (non-hydrogen) atoms. The molecule has 1 aromatic heterocycles. The number of thioether (sulfide) groups is 1. The van der Waals surface area contributed by atoms with E-state index in [4.69, 9.17) is 16.0 Å². The third kappa shape index (κ3) is 4.72. The number of hydrogen-bond donors (Lipinski definition) is 1. The van der Waals surface area contributed by atoms with E-state index in [-0.39, 0.29) is 5.91 Å². The summed E-state index contributed by atoms with van der Waals surface area (Å²) in [6.07, 6.45) is 0. The van der Waals surface area contributed by atoms with E-state index in [0.717, 1.165) is 22.4 Å². The number of benzene rings is 3. The molecule has 1 N–H and O–H groups in total. The average Bonchev–Trinajstić information content (AvgIpc) is 3.23. The van der Waals surface area contributed by atoms with Gasteiger partial charge in [0.05, 0.1) is 5.25 Å². The zero-order chi connectivity index (χ0) is 20.9. The van der Waals surface area contributed by atoms with Crippen LogP contribution in [0, 0.1) is 0 Å². The summed E-state index contributed by atoms with van der Waals surface area (Å²) in [7, 11) is 0. The van der Waals surface area contributed by atoms with Crippen LogP contribution in [0.2, 0.25) is 5.02 Å². The number of anilines is 1. The summed E-state index contributed by atoms with van der Waals surface area (Å²) in [4.78, 5) is 12.8. The van der Waals surface area contributed by atoms with E-state index in [2.05, 4.69) is 15.5 Å². The third-order valence-electron chi connectivity index (χ3n) is 4.39. The van der Waals surface area contributed by atoms with Gasteiger partial charge >= 0.3 is 0 Å². The lowest BCUT2D eigenvalue weighted by Gasteiger charge is -2.14. The number of rotatable bonds is 6. The van der Waals surface area contributed by atoms with Crippen molar-refractivity contribution >= 4 is 35.0 Å². The summed E-state index contributed by atoms with van der Waals surface area (Å²) in [5, 5.41) is 11.6. The Labute approximate surface area is 183 Å². The van der Waals surface area contributed by atoms with Gasteiger partial charge in [-0.05, 0) is 36.8 Å². The maximum absolute atomic E-state index is 12.8. The zero-order valence-corrected chi connectivity index (χ0v) is 17.7. The minimum atomic E-state index is -0.429. The molecule has 1 unspecified atom stereocenters. The Balaban J connectivity index is 1.46. The van der Waals surface area contributed by atoms with Gasteiger partial charge in [-0.1, -0.05) is 78.0 Å². The smallest absolute Gasteiger partial charge is 0.277 e. The normalized spacial score (nSPS) is 11.8. The van der Waals surface area contributed by atoms with Crippen molar-refractivity contribution in [1.29, 1.82) is 0 Å². The maximum Gasteiger partial charge on any atom is 0.277 e. The molecule has 0 bridgehead atoms. The van der Waals surface area contributed by atoms with E-state index in [9.17, 15) is 4.79 Å². The van der Waals surface area contributed by atoms with Crippen molar-refractivity contribution in [1.82, 2.24) is 10.2 Å². The van der Waals surface area contributed by atoms with Crippen LogP contribution in [-0.4, -0.2) is 21.4 Å². The van der Waals surface area contributed by atoms with Crippen molar-refractivity contribution in [3.05, 3.63) is 83.9 Å². The van der Waals surface area contributed by atoms with Gasteiger partial charge < -0.3 is 9.73 Å². The molecule has 0 saturated heterocycles. The fraction of sp³-hybridized carbons (Fsp3) is 0.0870. The van der Waals surface area contributed by atoms with Gasteiger partial charge in [0.1, 0.15) is 0 Å². The van der Waals surface area contributed by atoms with Gasteiger partial charge in [-0.3, -0.25) is 4.79 Å². The van der Waals surface area contributed by atoms with Crippen LogP contribution in [0.3, 0.4) is 0 Å². The Bertz CT molecular complexity index is 1160. The summed E-state index contributed by atoms with van der Waals surface area (Å²) < 4.78 is 5.69. The summed E-state index contributed by atoms with van der Waals surface area (Å²) in [6, 6.07) is 24.8. The van der Waals surface area contributed by atoms with E-state index in [1.807, 2.05) is 66.7 Å². The van der Waals surface area contributed by atoms with Crippen molar-refractivity contribution in [2.45, 2.75) is 17.4 Å². The van der Waals surface area contributed by atoms with Crippen LogP contribution in [0.15, 0.2) is 88.5 Å². The van der Waals surface area contributed by atoms with E-state index in [1.54, 1.807) is 19.1 Å². The second-order valence-corrected chi connectivity index (χ2v) is 8.27. The molecular weight excluding hydrogens is 418 g/mol. The fourth-order valence-corrected chi connectivity index (χ4v) is 3.77. The molecule has 150 valence electrons. The first-order valence-electron chi connectivity index (χ1n) is 9.31. The van der Waals surface area contributed by atoms with Crippen LogP contribution >= 0.6 is 23.4 Å². The molecule has 0 fully saturated rings. The topological polar surface area (TPSA) is 68.0 Å². The number of nitrogens with zero attached hydrogens (tertiary/aromatic N) is 2. The van der Waals surface area contributed by atoms with Gasteiger partial charge in [0.25, 0.3) is 5.22 Å². The van der Waals surface area contributed by atoms with Gasteiger partial charge in [0.2, 0.25) is 11.8 Å². The van der Waals surface area contributed by atoms with E-state index >= 15 is 0 Å². The lowest BCUT2D eigenvalue weighted by atomic mass is 10.0. The zero-order valence-electron chi connectivity index (χ0n) is 16.1. The first-order chi connectivity index (χ1) is 14.6. The molecule has 0 saturated carbocycles. The minimum absolute atomic E-state index is 0.147. The number of nitrogens with one attached hydrogen (secondary N) is 1. The lowest BCUT2D eigenvalue weighted by Crippen LogP contribution is -2.22. The predicted molar refractivity (Wildman–Crippen MR) is 121 cm³/mol. The first kappa shape index (κ1) is 20.2. The predicted octanol–water partition coefficient (Wildman–Crippen LogP) is 6.18. The van der Waals surface area contributed by atoms with Crippen LogP contribution in [0.25, 0.3) is 22.6 Å². The quantitative estimate of drug-likeness (QED) is 0.366. The molecule has 0 aliphatic carbocycles. The molecule has 1 amide bonds.